The minimum Gasteiger partial charge on any atom is -0.366 e. The summed E-state index contributed by atoms with van der Waals surface area (Å²) in [5.41, 5.74) is 1.13. The van der Waals surface area contributed by atoms with Crippen molar-refractivity contribution in [2.24, 2.45) is 0 Å². The fraction of sp³-hybridized carbons (Fsp3) is 0.312. The zero-order chi connectivity index (χ0) is 14.7. The Balaban J connectivity index is 1.57. The molecule has 0 aliphatic heterocycles. The summed E-state index contributed by atoms with van der Waals surface area (Å²) in [5.74, 6) is -0.492. The van der Waals surface area contributed by atoms with Gasteiger partial charge in [0, 0.05) is 30.9 Å². The van der Waals surface area contributed by atoms with Crippen LogP contribution in [0, 0.1) is 11.6 Å². The van der Waals surface area contributed by atoms with Gasteiger partial charge in [0.05, 0.1) is 0 Å². The molecule has 1 aliphatic rings. The van der Waals surface area contributed by atoms with E-state index in [-0.39, 0.29) is 12.1 Å². The Bertz CT molecular complexity index is 589. The lowest BCUT2D eigenvalue weighted by Crippen LogP contribution is -2.15. The second-order valence-electron chi connectivity index (χ2n) is 5.26. The molecule has 1 fully saturated rings. The highest BCUT2D eigenvalue weighted by Crippen LogP contribution is 2.19. The molecule has 0 bridgehead atoms. The Labute approximate surface area is 122 Å². The second-order valence-corrected chi connectivity index (χ2v) is 5.26. The third kappa shape index (κ3) is 3.76. The highest BCUT2D eigenvalue weighted by molar-refractivity contribution is 5.37. The molecule has 0 amide bonds. The second kappa shape index (κ2) is 6.18. The molecule has 3 rings (SSSR count). The maximum Gasteiger partial charge on any atom is 0.131 e. The van der Waals surface area contributed by atoms with Gasteiger partial charge in [0.15, 0.2) is 0 Å². The molecule has 1 aromatic carbocycles. The summed E-state index contributed by atoms with van der Waals surface area (Å²) in [6.45, 7) is 0.880. The van der Waals surface area contributed by atoms with Gasteiger partial charge in [-0.25, -0.2) is 13.8 Å². The van der Waals surface area contributed by atoms with Gasteiger partial charge in [0.2, 0.25) is 0 Å². The maximum atomic E-state index is 13.5. The van der Waals surface area contributed by atoms with Gasteiger partial charge >= 0.3 is 0 Å². The van der Waals surface area contributed by atoms with Crippen LogP contribution in [0.2, 0.25) is 0 Å². The molecule has 0 atom stereocenters. The fourth-order valence-corrected chi connectivity index (χ4v) is 2.06. The smallest absolute Gasteiger partial charge is 0.131 e. The Kier molecular flexibility index (Phi) is 4.10. The highest BCUT2D eigenvalue weighted by atomic mass is 19.1. The van der Waals surface area contributed by atoms with E-state index >= 15 is 0 Å². The largest absolute Gasteiger partial charge is 0.366 e. The SMILES string of the molecule is Fc1cccc(F)c1CNc1ccc(CNC2CC2)cn1. The third-order valence-corrected chi connectivity index (χ3v) is 3.50. The molecule has 0 saturated heterocycles. The lowest BCUT2D eigenvalue weighted by Gasteiger charge is -2.08. The van der Waals surface area contributed by atoms with Gasteiger partial charge in [-0.15, -0.1) is 0 Å². The molecule has 0 radical (unpaired) electrons. The van der Waals surface area contributed by atoms with Crippen LogP contribution in [0.25, 0.3) is 0 Å². The zero-order valence-corrected chi connectivity index (χ0v) is 11.6. The van der Waals surface area contributed by atoms with Crippen molar-refractivity contribution < 1.29 is 8.78 Å². The Hall–Kier alpha value is -2.01. The number of benzene rings is 1. The number of nitrogens with one attached hydrogen (secondary N) is 2. The Morgan fingerprint density at radius 1 is 1.05 bits per heavy atom. The molecular formula is C16H17F2N3. The van der Waals surface area contributed by atoms with E-state index in [1.165, 1.54) is 31.0 Å². The number of nitrogens with zero attached hydrogens (tertiary/aromatic N) is 1. The first-order valence-corrected chi connectivity index (χ1v) is 7.07. The molecule has 1 heterocycles. The van der Waals surface area contributed by atoms with E-state index in [0.29, 0.717) is 11.9 Å². The zero-order valence-electron chi connectivity index (χ0n) is 11.6. The number of anilines is 1. The summed E-state index contributed by atoms with van der Waals surface area (Å²) in [7, 11) is 0. The lowest BCUT2D eigenvalue weighted by atomic mass is 10.2. The van der Waals surface area contributed by atoms with Crippen LogP contribution in [0.1, 0.15) is 24.0 Å². The quantitative estimate of drug-likeness (QED) is 0.857. The van der Waals surface area contributed by atoms with Gasteiger partial charge in [-0.05, 0) is 36.6 Å². The Morgan fingerprint density at radius 2 is 1.81 bits per heavy atom. The molecule has 2 N–H and O–H groups in total. The van der Waals surface area contributed by atoms with Gasteiger partial charge < -0.3 is 10.6 Å². The monoisotopic (exact) mass is 289 g/mol. The van der Waals surface area contributed by atoms with E-state index in [9.17, 15) is 8.78 Å². The number of halogens is 2. The number of hydrogen-bond donors (Lipinski definition) is 2. The molecule has 2 aromatic rings. The summed E-state index contributed by atoms with van der Waals surface area (Å²) >= 11 is 0. The number of hydrogen-bond acceptors (Lipinski definition) is 3. The van der Waals surface area contributed by atoms with E-state index < -0.39 is 11.6 Å². The Morgan fingerprint density at radius 3 is 2.43 bits per heavy atom. The maximum absolute atomic E-state index is 13.5. The van der Waals surface area contributed by atoms with Crippen molar-refractivity contribution in [1.29, 1.82) is 0 Å². The normalized spacial score (nSPS) is 14.2. The van der Waals surface area contributed by atoms with Crippen LogP contribution in [-0.4, -0.2) is 11.0 Å². The first-order chi connectivity index (χ1) is 10.2. The van der Waals surface area contributed by atoms with Crippen LogP contribution in [0.15, 0.2) is 36.5 Å². The summed E-state index contributed by atoms with van der Waals surface area (Å²) < 4.78 is 27.0. The predicted octanol–water partition coefficient (Wildman–Crippen LogP) is 3.22. The fourth-order valence-electron chi connectivity index (χ4n) is 2.06. The van der Waals surface area contributed by atoms with E-state index in [4.69, 9.17) is 0 Å². The highest BCUT2D eigenvalue weighted by Gasteiger charge is 2.19. The minimum absolute atomic E-state index is 0.0266. The molecule has 110 valence electrons. The van der Waals surface area contributed by atoms with Crippen LogP contribution in [0.5, 0.6) is 0 Å². The van der Waals surface area contributed by atoms with Crippen LogP contribution in [0.4, 0.5) is 14.6 Å². The molecule has 5 heteroatoms. The third-order valence-electron chi connectivity index (χ3n) is 3.50. The van der Waals surface area contributed by atoms with Crippen molar-refractivity contribution in [1.82, 2.24) is 10.3 Å². The summed E-state index contributed by atoms with van der Waals surface area (Å²) in [6.07, 6.45) is 4.28. The van der Waals surface area contributed by atoms with Crippen molar-refractivity contribution in [3.05, 3.63) is 59.3 Å². The first-order valence-electron chi connectivity index (χ1n) is 7.07. The lowest BCUT2D eigenvalue weighted by molar-refractivity contribution is 0.560. The molecule has 1 aromatic heterocycles. The van der Waals surface area contributed by atoms with Crippen molar-refractivity contribution >= 4 is 5.82 Å². The van der Waals surface area contributed by atoms with Crippen LogP contribution in [-0.2, 0) is 13.1 Å². The van der Waals surface area contributed by atoms with Gasteiger partial charge in [0.25, 0.3) is 0 Å². The van der Waals surface area contributed by atoms with E-state index in [1.807, 2.05) is 12.1 Å². The van der Waals surface area contributed by atoms with Gasteiger partial charge in [-0.2, -0.15) is 0 Å². The summed E-state index contributed by atoms with van der Waals surface area (Å²) in [4.78, 5) is 4.26. The van der Waals surface area contributed by atoms with E-state index in [2.05, 4.69) is 15.6 Å². The van der Waals surface area contributed by atoms with Gasteiger partial charge in [-0.3, -0.25) is 0 Å². The molecular weight excluding hydrogens is 272 g/mol. The van der Waals surface area contributed by atoms with Crippen molar-refractivity contribution in [2.75, 3.05) is 5.32 Å². The summed E-state index contributed by atoms with van der Waals surface area (Å²) in [5, 5.41) is 6.34. The van der Waals surface area contributed by atoms with Crippen LogP contribution < -0.4 is 10.6 Å². The molecule has 3 nitrogen and oxygen atoms in total. The topological polar surface area (TPSA) is 37.0 Å². The van der Waals surface area contributed by atoms with Crippen LogP contribution >= 0.6 is 0 Å². The van der Waals surface area contributed by atoms with E-state index in [0.717, 1.165) is 12.1 Å². The molecule has 1 saturated carbocycles. The number of pyridine rings is 1. The first kappa shape index (κ1) is 13.9. The standard InChI is InChI=1S/C16H17F2N3/c17-14-2-1-3-15(18)13(14)10-21-16-7-4-11(9-20-16)8-19-12-5-6-12/h1-4,7,9,12,19H,5-6,8,10H2,(H,20,21). The molecule has 0 spiro atoms. The average molecular weight is 289 g/mol. The predicted molar refractivity (Wildman–Crippen MR) is 77.8 cm³/mol. The minimum atomic E-state index is -0.548. The number of aromatic nitrogens is 1. The average Bonchev–Trinajstić information content (AvgIpc) is 3.30. The van der Waals surface area contributed by atoms with E-state index in [1.54, 1.807) is 6.20 Å². The summed E-state index contributed by atoms with van der Waals surface area (Å²) in [6, 6.07) is 8.30. The van der Waals surface area contributed by atoms with Crippen LogP contribution in [0.3, 0.4) is 0 Å². The molecule has 21 heavy (non-hydrogen) atoms. The molecule has 1 aliphatic carbocycles. The van der Waals surface area contributed by atoms with Gasteiger partial charge in [0.1, 0.15) is 17.5 Å². The van der Waals surface area contributed by atoms with Crippen molar-refractivity contribution in [3.63, 3.8) is 0 Å². The van der Waals surface area contributed by atoms with Gasteiger partial charge in [-0.1, -0.05) is 12.1 Å². The molecule has 0 unspecified atom stereocenters. The van der Waals surface area contributed by atoms with Crippen molar-refractivity contribution in [3.8, 4) is 0 Å². The number of rotatable bonds is 6. The van der Waals surface area contributed by atoms with Crippen molar-refractivity contribution in [2.45, 2.75) is 32.0 Å².